The lowest BCUT2D eigenvalue weighted by Crippen LogP contribution is -2.17. The van der Waals surface area contributed by atoms with Gasteiger partial charge in [-0.1, -0.05) is 24.3 Å². The molecular formula is C14H20O3. The van der Waals surface area contributed by atoms with Crippen molar-refractivity contribution in [1.82, 2.24) is 0 Å². The number of aliphatic hydroxyl groups excluding tert-OH is 1. The molecule has 2 rings (SSSR count). The summed E-state index contributed by atoms with van der Waals surface area (Å²) < 4.78 is 10.5. The van der Waals surface area contributed by atoms with Crippen LogP contribution in [0.4, 0.5) is 0 Å². The van der Waals surface area contributed by atoms with Gasteiger partial charge in [-0.15, -0.1) is 0 Å². The molecule has 1 aliphatic heterocycles. The second kappa shape index (κ2) is 6.15. The van der Waals surface area contributed by atoms with E-state index < -0.39 is 6.10 Å². The van der Waals surface area contributed by atoms with Gasteiger partial charge in [0.1, 0.15) is 6.10 Å². The van der Waals surface area contributed by atoms with E-state index in [1.54, 1.807) is 7.11 Å². The zero-order valence-corrected chi connectivity index (χ0v) is 10.3. The van der Waals surface area contributed by atoms with E-state index in [4.69, 9.17) is 9.47 Å². The van der Waals surface area contributed by atoms with E-state index in [2.05, 4.69) is 0 Å². The van der Waals surface area contributed by atoms with Crippen LogP contribution >= 0.6 is 0 Å². The molecule has 94 valence electrons. The highest BCUT2D eigenvalue weighted by Crippen LogP contribution is 2.26. The second-order valence-electron chi connectivity index (χ2n) is 4.48. The van der Waals surface area contributed by atoms with Gasteiger partial charge < -0.3 is 14.6 Å². The average Bonchev–Trinajstić information content (AvgIpc) is 2.90. The Morgan fingerprint density at radius 3 is 2.76 bits per heavy atom. The van der Waals surface area contributed by atoms with Gasteiger partial charge in [-0.2, -0.15) is 0 Å². The maximum absolute atomic E-state index is 10.1. The molecule has 1 heterocycles. The summed E-state index contributed by atoms with van der Waals surface area (Å²) in [4.78, 5) is 0. The molecule has 3 nitrogen and oxygen atoms in total. The van der Waals surface area contributed by atoms with Crippen LogP contribution in [-0.4, -0.2) is 31.5 Å². The van der Waals surface area contributed by atoms with Crippen molar-refractivity contribution in [2.75, 3.05) is 20.3 Å². The lowest BCUT2D eigenvalue weighted by Gasteiger charge is -2.17. The van der Waals surface area contributed by atoms with Crippen LogP contribution < -0.4 is 0 Å². The Kier molecular flexibility index (Phi) is 4.54. The molecular weight excluding hydrogens is 216 g/mol. The largest absolute Gasteiger partial charge is 0.386 e. The number of rotatable bonds is 5. The van der Waals surface area contributed by atoms with Crippen molar-refractivity contribution in [3.63, 3.8) is 0 Å². The standard InChI is InChI=1S/C14H20O3/c1-16-10-8-11-4-6-12(7-5-11)14(15)13-3-2-9-17-13/h4-7,13-15H,2-3,8-10H2,1H3. The summed E-state index contributed by atoms with van der Waals surface area (Å²) in [5.41, 5.74) is 2.17. The Bertz CT molecular complexity index is 328. The van der Waals surface area contributed by atoms with Crippen LogP contribution in [0.15, 0.2) is 24.3 Å². The van der Waals surface area contributed by atoms with Crippen molar-refractivity contribution < 1.29 is 14.6 Å². The van der Waals surface area contributed by atoms with Crippen molar-refractivity contribution in [1.29, 1.82) is 0 Å². The number of methoxy groups -OCH3 is 1. The van der Waals surface area contributed by atoms with Gasteiger partial charge in [0.25, 0.3) is 0 Å². The zero-order chi connectivity index (χ0) is 12.1. The fraction of sp³-hybridized carbons (Fsp3) is 0.571. The molecule has 0 saturated carbocycles. The minimum Gasteiger partial charge on any atom is -0.386 e. The van der Waals surface area contributed by atoms with Crippen LogP contribution in [0.25, 0.3) is 0 Å². The molecule has 1 aromatic rings. The van der Waals surface area contributed by atoms with Crippen molar-refractivity contribution in [3.05, 3.63) is 35.4 Å². The highest BCUT2D eigenvalue weighted by atomic mass is 16.5. The molecule has 0 radical (unpaired) electrons. The number of ether oxygens (including phenoxy) is 2. The third-order valence-corrected chi connectivity index (χ3v) is 3.23. The SMILES string of the molecule is COCCc1ccc(C(O)C2CCCO2)cc1. The van der Waals surface area contributed by atoms with Crippen molar-refractivity contribution in [2.24, 2.45) is 0 Å². The molecule has 1 aliphatic rings. The van der Waals surface area contributed by atoms with E-state index in [0.29, 0.717) is 0 Å². The van der Waals surface area contributed by atoms with E-state index in [0.717, 1.165) is 38.0 Å². The van der Waals surface area contributed by atoms with Gasteiger partial charge in [-0.05, 0) is 30.4 Å². The fourth-order valence-electron chi connectivity index (χ4n) is 2.17. The Balaban J connectivity index is 1.96. The van der Waals surface area contributed by atoms with Gasteiger partial charge in [0, 0.05) is 13.7 Å². The summed E-state index contributed by atoms with van der Waals surface area (Å²) in [6, 6.07) is 8.06. The minimum absolute atomic E-state index is 0.0279. The molecule has 1 aromatic carbocycles. The molecule has 2 unspecified atom stereocenters. The van der Waals surface area contributed by atoms with Crippen LogP contribution in [-0.2, 0) is 15.9 Å². The second-order valence-corrected chi connectivity index (χ2v) is 4.48. The smallest absolute Gasteiger partial charge is 0.105 e. The van der Waals surface area contributed by atoms with Gasteiger partial charge in [-0.3, -0.25) is 0 Å². The molecule has 1 N–H and O–H groups in total. The van der Waals surface area contributed by atoms with Gasteiger partial charge in [0.2, 0.25) is 0 Å². The van der Waals surface area contributed by atoms with Crippen molar-refractivity contribution in [3.8, 4) is 0 Å². The molecule has 0 amide bonds. The molecule has 0 spiro atoms. The first-order chi connectivity index (χ1) is 8.31. The fourth-order valence-corrected chi connectivity index (χ4v) is 2.17. The van der Waals surface area contributed by atoms with Crippen molar-refractivity contribution >= 4 is 0 Å². The van der Waals surface area contributed by atoms with Crippen LogP contribution in [0.2, 0.25) is 0 Å². The predicted octanol–water partition coefficient (Wildman–Crippen LogP) is 2.09. The van der Waals surface area contributed by atoms with Crippen molar-refractivity contribution in [2.45, 2.75) is 31.5 Å². The Hall–Kier alpha value is -0.900. The Morgan fingerprint density at radius 2 is 2.18 bits per heavy atom. The number of hydrogen-bond donors (Lipinski definition) is 1. The summed E-state index contributed by atoms with van der Waals surface area (Å²) in [7, 11) is 1.70. The molecule has 17 heavy (non-hydrogen) atoms. The van der Waals surface area contributed by atoms with Gasteiger partial charge in [0.05, 0.1) is 12.7 Å². The quantitative estimate of drug-likeness (QED) is 0.850. The summed E-state index contributed by atoms with van der Waals surface area (Å²) >= 11 is 0. The summed E-state index contributed by atoms with van der Waals surface area (Å²) in [5, 5.41) is 10.1. The predicted molar refractivity (Wildman–Crippen MR) is 66.0 cm³/mol. The normalized spacial score (nSPS) is 21.6. The first-order valence-corrected chi connectivity index (χ1v) is 6.18. The van der Waals surface area contributed by atoms with Crippen LogP contribution in [0.1, 0.15) is 30.1 Å². The van der Waals surface area contributed by atoms with Crippen LogP contribution in [0.5, 0.6) is 0 Å². The first-order valence-electron chi connectivity index (χ1n) is 6.18. The zero-order valence-electron chi connectivity index (χ0n) is 10.3. The molecule has 2 atom stereocenters. The highest BCUT2D eigenvalue weighted by molar-refractivity contribution is 5.25. The van der Waals surface area contributed by atoms with E-state index in [9.17, 15) is 5.11 Å². The summed E-state index contributed by atoms with van der Waals surface area (Å²) in [6.45, 7) is 1.50. The van der Waals surface area contributed by atoms with E-state index in [1.165, 1.54) is 5.56 Å². The molecule has 0 aromatic heterocycles. The monoisotopic (exact) mass is 236 g/mol. The first kappa shape index (κ1) is 12.6. The maximum Gasteiger partial charge on any atom is 0.105 e. The van der Waals surface area contributed by atoms with E-state index in [-0.39, 0.29) is 6.10 Å². The summed E-state index contributed by atoms with van der Waals surface area (Å²) in [6.07, 6.45) is 2.39. The molecule has 0 aliphatic carbocycles. The van der Waals surface area contributed by atoms with Gasteiger partial charge >= 0.3 is 0 Å². The Labute approximate surface area is 102 Å². The summed E-state index contributed by atoms with van der Waals surface area (Å²) in [5.74, 6) is 0. The third kappa shape index (κ3) is 3.28. The van der Waals surface area contributed by atoms with E-state index in [1.807, 2.05) is 24.3 Å². The van der Waals surface area contributed by atoms with Crippen LogP contribution in [0.3, 0.4) is 0 Å². The maximum atomic E-state index is 10.1. The average molecular weight is 236 g/mol. The topological polar surface area (TPSA) is 38.7 Å². The molecule has 1 saturated heterocycles. The Morgan fingerprint density at radius 1 is 1.41 bits per heavy atom. The van der Waals surface area contributed by atoms with Crippen LogP contribution in [0, 0.1) is 0 Å². The van der Waals surface area contributed by atoms with Gasteiger partial charge in [-0.25, -0.2) is 0 Å². The van der Waals surface area contributed by atoms with E-state index >= 15 is 0 Å². The number of aliphatic hydroxyl groups is 1. The minimum atomic E-state index is -0.492. The number of hydrogen-bond acceptors (Lipinski definition) is 3. The highest BCUT2D eigenvalue weighted by Gasteiger charge is 2.25. The lowest BCUT2D eigenvalue weighted by molar-refractivity contribution is -0.00259. The molecule has 3 heteroatoms. The van der Waals surface area contributed by atoms with Gasteiger partial charge in [0.15, 0.2) is 0 Å². The molecule has 0 bridgehead atoms. The number of benzene rings is 1. The molecule has 1 fully saturated rings. The third-order valence-electron chi connectivity index (χ3n) is 3.23. The lowest BCUT2D eigenvalue weighted by atomic mass is 10.0.